The van der Waals surface area contributed by atoms with Crippen LogP contribution >= 0.6 is 0 Å². The van der Waals surface area contributed by atoms with E-state index in [1.165, 1.54) is 24.6 Å². The lowest BCUT2D eigenvalue weighted by molar-refractivity contribution is -0.150. The maximum atomic E-state index is 12.8. The van der Waals surface area contributed by atoms with Gasteiger partial charge in [-0.25, -0.2) is 9.59 Å². The van der Waals surface area contributed by atoms with Gasteiger partial charge < -0.3 is 29.2 Å². The first kappa shape index (κ1) is 31.0. The van der Waals surface area contributed by atoms with Crippen LogP contribution in [0.1, 0.15) is 47.2 Å². The van der Waals surface area contributed by atoms with Crippen LogP contribution in [0, 0.1) is 6.92 Å². The minimum atomic E-state index is -1.04. The van der Waals surface area contributed by atoms with E-state index in [4.69, 9.17) is 18.9 Å². The average molecular weight is 595 g/mol. The van der Waals surface area contributed by atoms with E-state index in [2.05, 4.69) is 10.3 Å². The molecule has 1 amide bonds. The molecule has 1 saturated heterocycles. The molecule has 3 aromatic rings. The molecule has 13 nitrogen and oxygen atoms in total. The van der Waals surface area contributed by atoms with Crippen molar-refractivity contribution < 1.29 is 33.3 Å². The van der Waals surface area contributed by atoms with Crippen LogP contribution in [-0.4, -0.2) is 67.0 Å². The van der Waals surface area contributed by atoms with Crippen molar-refractivity contribution in [2.24, 2.45) is 0 Å². The van der Waals surface area contributed by atoms with E-state index in [0.29, 0.717) is 16.7 Å². The predicted molar refractivity (Wildman–Crippen MR) is 155 cm³/mol. The summed E-state index contributed by atoms with van der Waals surface area (Å²) in [5.41, 5.74) is 1.10. The van der Waals surface area contributed by atoms with E-state index in [0.717, 1.165) is 5.69 Å². The van der Waals surface area contributed by atoms with Gasteiger partial charge in [-0.15, -0.1) is 0 Å². The number of aromatic nitrogens is 2. The number of nitrogens with zero attached hydrogens (tertiary/aromatic N) is 2. The molecule has 228 valence electrons. The van der Waals surface area contributed by atoms with E-state index < -0.39 is 47.9 Å². The topological polar surface area (TPSA) is 158 Å². The summed E-state index contributed by atoms with van der Waals surface area (Å²) in [6.07, 6.45) is -3.10. The summed E-state index contributed by atoms with van der Waals surface area (Å²) in [4.78, 5) is 65.5. The zero-order chi connectivity index (χ0) is 31.1. The monoisotopic (exact) mass is 594 g/mol. The quantitative estimate of drug-likeness (QED) is 0.334. The summed E-state index contributed by atoms with van der Waals surface area (Å²) in [7, 11) is 3.80. The molecule has 0 spiro atoms. The third-order valence-corrected chi connectivity index (χ3v) is 6.82. The van der Waals surface area contributed by atoms with Crippen LogP contribution in [0.25, 0.3) is 0 Å². The number of carbonyl (C=O) groups is 3. The zero-order valence-corrected chi connectivity index (χ0v) is 24.3. The Labute approximate surface area is 247 Å². The highest BCUT2D eigenvalue weighted by Crippen LogP contribution is 2.30. The molecule has 1 unspecified atom stereocenters. The van der Waals surface area contributed by atoms with Crippen LogP contribution in [0.15, 0.2) is 70.4 Å². The largest absolute Gasteiger partial charge is 0.509 e. The number of nitrogens with one attached hydrogen (secondary N) is 2. The molecule has 4 atom stereocenters. The van der Waals surface area contributed by atoms with Crippen molar-refractivity contribution in [2.75, 3.05) is 32.1 Å². The highest BCUT2D eigenvalue weighted by atomic mass is 16.7. The van der Waals surface area contributed by atoms with E-state index in [1.54, 1.807) is 36.4 Å². The molecule has 2 heterocycles. The van der Waals surface area contributed by atoms with E-state index >= 15 is 0 Å². The van der Waals surface area contributed by atoms with E-state index in [1.807, 2.05) is 37.2 Å². The van der Waals surface area contributed by atoms with Crippen molar-refractivity contribution in [3.63, 3.8) is 0 Å². The molecule has 13 heteroatoms. The van der Waals surface area contributed by atoms with Gasteiger partial charge in [0.2, 0.25) is 0 Å². The Morgan fingerprint density at radius 2 is 1.79 bits per heavy atom. The SMILES string of the molecule is CC(=O)O[C@H]1C[C@H](n2cc(C)c(=O)[nH]c2=O)O[C@@H]1COC(=O)OC(CNC(=O)c1ccc(N(C)C)cc1)c1ccccc1. The van der Waals surface area contributed by atoms with E-state index in [9.17, 15) is 24.0 Å². The van der Waals surface area contributed by atoms with Crippen molar-refractivity contribution >= 4 is 23.7 Å². The molecule has 43 heavy (non-hydrogen) atoms. The van der Waals surface area contributed by atoms with Gasteiger partial charge in [0.15, 0.2) is 0 Å². The lowest BCUT2D eigenvalue weighted by atomic mass is 10.1. The van der Waals surface area contributed by atoms with Crippen molar-refractivity contribution in [1.29, 1.82) is 0 Å². The molecule has 0 bridgehead atoms. The molecule has 2 N–H and O–H groups in total. The van der Waals surface area contributed by atoms with Crippen molar-refractivity contribution in [3.05, 3.63) is 98.3 Å². The number of aromatic amines is 1. The molecule has 0 radical (unpaired) electrons. The molecule has 1 aliphatic heterocycles. The van der Waals surface area contributed by atoms with Crippen molar-refractivity contribution in [3.8, 4) is 0 Å². The van der Waals surface area contributed by atoms with Gasteiger partial charge in [0, 0.05) is 50.5 Å². The van der Waals surface area contributed by atoms with Crippen molar-refractivity contribution in [2.45, 2.75) is 44.8 Å². The number of ether oxygens (including phenoxy) is 4. The van der Waals surface area contributed by atoms with Crippen LogP contribution in [0.4, 0.5) is 10.5 Å². The number of H-pyrrole nitrogens is 1. The summed E-state index contributed by atoms with van der Waals surface area (Å²) in [6.45, 7) is 2.39. The van der Waals surface area contributed by atoms with Crippen molar-refractivity contribution in [1.82, 2.24) is 14.9 Å². The molecule has 0 aliphatic carbocycles. The minimum absolute atomic E-state index is 0.0278. The Kier molecular flexibility index (Phi) is 9.99. The van der Waals surface area contributed by atoms with E-state index in [-0.39, 0.29) is 25.5 Å². The lowest BCUT2D eigenvalue weighted by Crippen LogP contribution is -2.34. The first-order chi connectivity index (χ1) is 20.5. The van der Waals surface area contributed by atoms with Crippen LogP contribution in [-0.2, 0) is 23.7 Å². The highest BCUT2D eigenvalue weighted by Gasteiger charge is 2.40. The third kappa shape index (κ3) is 8.10. The zero-order valence-electron chi connectivity index (χ0n) is 24.3. The summed E-state index contributed by atoms with van der Waals surface area (Å²) in [6, 6.07) is 15.9. The third-order valence-electron chi connectivity index (χ3n) is 6.82. The molecule has 1 aromatic heterocycles. The minimum Gasteiger partial charge on any atom is -0.459 e. The van der Waals surface area contributed by atoms with Crippen LogP contribution in [0.5, 0.6) is 0 Å². The molecule has 1 fully saturated rings. The first-order valence-electron chi connectivity index (χ1n) is 13.6. The molecular weight excluding hydrogens is 560 g/mol. The maximum absolute atomic E-state index is 12.8. The second kappa shape index (κ2) is 13.8. The molecule has 0 saturated carbocycles. The fraction of sp³-hybridized carbons (Fsp3) is 0.367. The Morgan fingerprint density at radius 1 is 1.09 bits per heavy atom. The smallest absolute Gasteiger partial charge is 0.459 e. The van der Waals surface area contributed by atoms with Gasteiger partial charge in [-0.3, -0.25) is 23.9 Å². The van der Waals surface area contributed by atoms with Gasteiger partial charge in [0.05, 0.1) is 6.54 Å². The van der Waals surface area contributed by atoms with Gasteiger partial charge in [-0.05, 0) is 36.8 Å². The van der Waals surface area contributed by atoms with Gasteiger partial charge >= 0.3 is 17.8 Å². The molecule has 1 aliphatic rings. The van der Waals surface area contributed by atoms with Gasteiger partial charge in [-0.2, -0.15) is 0 Å². The van der Waals surface area contributed by atoms with Gasteiger partial charge in [0.1, 0.15) is 31.1 Å². The Morgan fingerprint density at radius 3 is 2.44 bits per heavy atom. The highest BCUT2D eigenvalue weighted by molar-refractivity contribution is 5.94. The van der Waals surface area contributed by atoms with Crippen LogP contribution < -0.4 is 21.5 Å². The summed E-state index contributed by atoms with van der Waals surface area (Å²) in [5, 5.41) is 2.79. The number of esters is 1. The standard InChI is InChI=1S/C30H34N4O9/c1-18-16-34(29(38)32-27(18)36)26-14-23(41-19(2)35)25(42-26)17-40-30(39)43-24(20-8-6-5-7-9-20)15-31-28(37)21-10-12-22(13-11-21)33(3)4/h5-13,16,23-26H,14-15,17H2,1-4H3,(H,31,37)(H,32,36,38)/t23-,24?,25+,26+/m0/s1. The number of anilines is 1. The number of aryl methyl sites for hydroxylation is 1. The second-order valence-electron chi connectivity index (χ2n) is 10.2. The number of benzene rings is 2. The average Bonchev–Trinajstić information content (AvgIpc) is 3.37. The number of amides is 1. The molecule has 4 rings (SSSR count). The summed E-state index contributed by atoms with van der Waals surface area (Å²) in [5.74, 6) is -0.923. The Bertz CT molecular complexity index is 1550. The Hall–Kier alpha value is -4.91. The normalized spacial score (nSPS) is 18.4. The summed E-state index contributed by atoms with van der Waals surface area (Å²) >= 11 is 0. The number of hydrogen-bond donors (Lipinski definition) is 2. The molecule has 2 aromatic carbocycles. The number of carbonyl (C=O) groups excluding carboxylic acids is 3. The fourth-order valence-corrected chi connectivity index (χ4v) is 4.55. The first-order valence-corrected chi connectivity index (χ1v) is 13.6. The maximum Gasteiger partial charge on any atom is 0.509 e. The summed E-state index contributed by atoms with van der Waals surface area (Å²) < 4.78 is 23.3. The number of hydrogen-bond acceptors (Lipinski definition) is 10. The second-order valence-corrected chi connectivity index (χ2v) is 10.2. The Balaban J connectivity index is 1.40. The number of rotatable bonds is 10. The predicted octanol–water partition coefficient (Wildman–Crippen LogP) is 2.45. The fourth-order valence-electron chi connectivity index (χ4n) is 4.55. The van der Waals surface area contributed by atoms with Gasteiger partial charge in [-0.1, -0.05) is 30.3 Å². The lowest BCUT2D eigenvalue weighted by Gasteiger charge is -2.21. The van der Waals surface area contributed by atoms with Gasteiger partial charge in [0.25, 0.3) is 11.5 Å². The van der Waals surface area contributed by atoms with Crippen LogP contribution in [0.3, 0.4) is 0 Å². The van der Waals surface area contributed by atoms with Crippen LogP contribution in [0.2, 0.25) is 0 Å². The molecular formula is C30H34N4O9.